The fourth-order valence-electron chi connectivity index (χ4n) is 2.19. The zero-order chi connectivity index (χ0) is 17.2. The topological polar surface area (TPSA) is 91.4 Å². The molecule has 0 unspecified atom stereocenters. The lowest BCUT2D eigenvalue weighted by molar-refractivity contribution is -0.139. The highest BCUT2D eigenvalue weighted by atomic mass is 35.5. The molecule has 2 aromatic rings. The molecule has 1 aromatic carbocycles. The van der Waals surface area contributed by atoms with E-state index in [1.807, 2.05) is 6.07 Å². The van der Waals surface area contributed by atoms with Gasteiger partial charge in [-0.1, -0.05) is 11.6 Å². The third-order valence-electron chi connectivity index (χ3n) is 3.14. The molecule has 0 fully saturated rings. The van der Waals surface area contributed by atoms with Crippen LogP contribution in [0.15, 0.2) is 24.4 Å². The number of hydrogen-bond donors (Lipinski definition) is 3. The van der Waals surface area contributed by atoms with E-state index in [9.17, 15) is 14.7 Å². The maximum absolute atomic E-state index is 11.8. The van der Waals surface area contributed by atoms with Crippen molar-refractivity contribution in [3.05, 3.63) is 35.0 Å². The monoisotopic (exact) mass is 338 g/mol. The zero-order valence-corrected chi connectivity index (χ0v) is 13.9. The van der Waals surface area contributed by atoms with Crippen molar-refractivity contribution in [3.8, 4) is 0 Å². The number of nitrogens with one attached hydrogen (secondary N) is 2. The number of ether oxygens (including phenoxy) is 1. The van der Waals surface area contributed by atoms with Crippen LogP contribution in [0.3, 0.4) is 0 Å². The molecule has 1 heterocycles. The highest BCUT2D eigenvalue weighted by molar-refractivity contribution is 6.31. The molecular formula is C16H19ClN2O4. The number of alkyl carbamates (subject to hydrolysis) is 1. The van der Waals surface area contributed by atoms with Crippen LogP contribution in [0.4, 0.5) is 4.79 Å². The van der Waals surface area contributed by atoms with Crippen molar-refractivity contribution in [2.45, 2.75) is 38.8 Å². The lowest BCUT2D eigenvalue weighted by Gasteiger charge is -2.22. The molecular weight excluding hydrogens is 320 g/mol. The number of rotatable bonds is 4. The number of aromatic nitrogens is 1. The zero-order valence-electron chi connectivity index (χ0n) is 13.1. The Morgan fingerprint density at radius 2 is 2.09 bits per heavy atom. The lowest BCUT2D eigenvalue weighted by Crippen LogP contribution is -2.44. The first-order valence-corrected chi connectivity index (χ1v) is 7.51. The van der Waals surface area contributed by atoms with E-state index in [4.69, 9.17) is 16.3 Å². The van der Waals surface area contributed by atoms with Gasteiger partial charge in [0, 0.05) is 28.5 Å². The number of carbonyl (C=O) groups excluding carboxylic acids is 1. The van der Waals surface area contributed by atoms with Gasteiger partial charge < -0.3 is 20.1 Å². The first-order valence-electron chi connectivity index (χ1n) is 7.13. The SMILES string of the molecule is CC(C)(C)OC(=O)N[C@@H](Cc1c[nH]c2ccc(Cl)cc12)C(=O)O. The van der Waals surface area contributed by atoms with Gasteiger partial charge in [0.15, 0.2) is 0 Å². The third-order valence-corrected chi connectivity index (χ3v) is 3.38. The summed E-state index contributed by atoms with van der Waals surface area (Å²) >= 11 is 5.98. The Hall–Kier alpha value is -2.21. The van der Waals surface area contributed by atoms with E-state index in [2.05, 4.69) is 10.3 Å². The summed E-state index contributed by atoms with van der Waals surface area (Å²) in [6, 6.07) is 4.23. The van der Waals surface area contributed by atoms with Crippen LogP contribution in [-0.4, -0.2) is 33.8 Å². The molecule has 0 bridgehead atoms. The van der Waals surface area contributed by atoms with Gasteiger partial charge in [-0.2, -0.15) is 0 Å². The van der Waals surface area contributed by atoms with Crippen LogP contribution >= 0.6 is 11.6 Å². The van der Waals surface area contributed by atoms with E-state index in [0.717, 1.165) is 16.5 Å². The minimum Gasteiger partial charge on any atom is -0.480 e. The maximum Gasteiger partial charge on any atom is 0.408 e. The minimum absolute atomic E-state index is 0.120. The van der Waals surface area contributed by atoms with Crippen LogP contribution in [0.2, 0.25) is 5.02 Å². The number of carbonyl (C=O) groups is 2. The number of fused-ring (bicyclic) bond motifs is 1. The summed E-state index contributed by atoms with van der Waals surface area (Å²) in [5, 5.41) is 13.1. The summed E-state index contributed by atoms with van der Waals surface area (Å²) in [4.78, 5) is 26.3. The normalized spacial score (nSPS) is 12.9. The number of aromatic amines is 1. The number of halogens is 1. The molecule has 1 atom stereocenters. The lowest BCUT2D eigenvalue weighted by atomic mass is 10.1. The van der Waals surface area contributed by atoms with Gasteiger partial charge in [-0.15, -0.1) is 0 Å². The fraction of sp³-hybridized carbons (Fsp3) is 0.375. The predicted octanol–water partition coefficient (Wildman–Crippen LogP) is 3.34. The van der Waals surface area contributed by atoms with Gasteiger partial charge in [0.2, 0.25) is 0 Å². The molecule has 2 rings (SSSR count). The Balaban J connectivity index is 2.17. The first-order chi connectivity index (χ1) is 10.7. The summed E-state index contributed by atoms with van der Waals surface area (Å²) < 4.78 is 5.10. The quantitative estimate of drug-likeness (QED) is 0.797. The number of carboxylic acid groups (broad SMARTS) is 1. The van der Waals surface area contributed by atoms with Gasteiger partial charge in [0.1, 0.15) is 11.6 Å². The Kier molecular flexibility index (Phi) is 4.85. The van der Waals surface area contributed by atoms with Crippen molar-refractivity contribution in [3.63, 3.8) is 0 Å². The van der Waals surface area contributed by atoms with Gasteiger partial charge >= 0.3 is 12.1 Å². The van der Waals surface area contributed by atoms with Crippen LogP contribution in [-0.2, 0) is 16.0 Å². The summed E-state index contributed by atoms with van der Waals surface area (Å²) in [6.07, 6.45) is 1.07. The van der Waals surface area contributed by atoms with Gasteiger partial charge in [-0.3, -0.25) is 0 Å². The molecule has 0 aliphatic carbocycles. The number of H-pyrrole nitrogens is 1. The van der Waals surface area contributed by atoms with Crippen molar-refractivity contribution < 1.29 is 19.4 Å². The Morgan fingerprint density at radius 1 is 1.39 bits per heavy atom. The maximum atomic E-state index is 11.8. The number of carboxylic acids is 1. The van der Waals surface area contributed by atoms with Crippen molar-refractivity contribution in [2.24, 2.45) is 0 Å². The van der Waals surface area contributed by atoms with E-state index < -0.39 is 23.7 Å². The summed E-state index contributed by atoms with van der Waals surface area (Å²) in [5.41, 5.74) is 0.915. The van der Waals surface area contributed by atoms with Crippen molar-refractivity contribution >= 4 is 34.6 Å². The molecule has 0 spiro atoms. The number of amides is 1. The van der Waals surface area contributed by atoms with Crippen LogP contribution < -0.4 is 5.32 Å². The highest BCUT2D eigenvalue weighted by Crippen LogP contribution is 2.23. The fourth-order valence-corrected chi connectivity index (χ4v) is 2.36. The second kappa shape index (κ2) is 6.50. The second-order valence-electron chi connectivity index (χ2n) is 6.24. The molecule has 0 radical (unpaired) electrons. The van der Waals surface area contributed by atoms with Gasteiger partial charge in [0.25, 0.3) is 0 Å². The van der Waals surface area contributed by atoms with Gasteiger partial charge in [-0.05, 0) is 44.5 Å². The molecule has 0 saturated heterocycles. The highest BCUT2D eigenvalue weighted by Gasteiger charge is 2.25. The van der Waals surface area contributed by atoms with Crippen molar-refractivity contribution in [2.75, 3.05) is 0 Å². The van der Waals surface area contributed by atoms with Crippen LogP contribution in [0.1, 0.15) is 26.3 Å². The largest absolute Gasteiger partial charge is 0.480 e. The first kappa shape index (κ1) is 17.1. The summed E-state index contributed by atoms with van der Waals surface area (Å²) in [5.74, 6) is -1.13. The van der Waals surface area contributed by atoms with E-state index in [-0.39, 0.29) is 6.42 Å². The van der Waals surface area contributed by atoms with Gasteiger partial charge in [-0.25, -0.2) is 9.59 Å². The van der Waals surface area contributed by atoms with E-state index in [1.54, 1.807) is 39.1 Å². The minimum atomic E-state index is -1.13. The van der Waals surface area contributed by atoms with E-state index in [1.165, 1.54) is 0 Å². The van der Waals surface area contributed by atoms with Crippen molar-refractivity contribution in [1.29, 1.82) is 0 Å². The molecule has 124 valence electrons. The van der Waals surface area contributed by atoms with Crippen LogP contribution in [0.5, 0.6) is 0 Å². The number of benzene rings is 1. The number of hydrogen-bond acceptors (Lipinski definition) is 3. The molecule has 0 aliphatic rings. The molecule has 7 heteroatoms. The molecule has 0 saturated carbocycles. The molecule has 23 heavy (non-hydrogen) atoms. The second-order valence-corrected chi connectivity index (χ2v) is 6.68. The molecule has 6 nitrogen and oxygen atoms in total. The Bertz CT molecular complexity index is 733. The molecule has 3 N–H and O–H groups in total. The Labute approximate surface area is 138 Å². The molecule has 0 aliphatic heterocycles. The third kappa shape index (κ3) is 4.63. The number of aliphatic carboxylic acids is 1. The Morgan fingerprint density at radius 3 is 2.70 bits per heavy atom. The molecule has 1 aromatic heterocycles. The average Bonchev–Trinajstić information content (AvgIpc) is 2.78. The predicted molar refractivity (Wildman–Crippen MR) is 87.8 cm³/mol. The summed E-state index contributed by atoms with van der Waals surface area (Å²) in [7, 11) is 0. The summed E-state index contributed by atoms with van der Waals surface area (Å²) in [6.45, 7) is 5.14. The van der Waals surface area contributed by atoms with Crippen LogP contribution in [0.25, 0.3) is 10.9 Å². The average molecular weight is 339 g/mol. The standard InChI is InChI=1S/C16H19ClN2O4/c1-16(2,3)23-15(22)19-13(14(20)21)6-9-8-18-12-5-4-10(17)7-11(9)12/h4-5,7-8,13,18H,6H2,1-3H3,(H,19,22)(H,20,21)/t13-/m0/s1. The van der Waals surface area contributed by atoms with Crippen LogP contribution in [0, 0.1) is 0 Å². The van der Waals surface area contributed by atoms with E-state index in [0.29, 0.717) is 5.02 Å². The molecule has 1 amide bonds. The van der Waals surface area contributed by atoms with Crippen molar-refractivity contribution in [1.82, 2.24) is 10.3 Å². The smallest absolute Gasteiger partial charge is 0.408 e. The van der Waals surface area contributed by atoms with E-state index >= 15 is 0 Å². The van der Waals surface area contributed by atoms with Gasteiger partial charge in [0.05, 0.1) is 0 Å².